The first-order valence-electron chi connectivity index (χ1n) is 6.46. The highest BCUT2D eigenvalue weighted by Crippen LogP contribution is 2.28. The molecule has 1 nitrogen and oxygen atoms in total. The quantitative estimate of drug-likeness (QED) is 0.605. The molecule has 0 atom stereocenters. The van der Waals surface area contributed by atoms with Crippen LogP contribution in [-0.2, 0) is 7.05 Å². The summed E-state index contributed by atoms with van der Waals surface area (Å²) in [5.41, 5.74) is 4.99. The van der Waals surface area contributed by atoms with Crippen molar-refractivity contribution in [3.05, 3.63) is 79.0 Å². The minimum atomic E-state index is 1.24. The summed E-state index contributed by atoms with van der Waals surface area (Å²) in [4.78, 5) is 0. The number of benzene rings is 2. The Bertz CT molecular complexity index is 673. The Hall–Kier alpha value is -2.41. The highest BCUT2D eigenvalue weighted by molar-refractivity contribution is 5.78. The minimum Gasteiger partial charge on any atom is -0.200 e. The molecule has 2 aromatic carbocycles. The van der Waals surface area contributed by atoms with Gasteiger partial charge in [-0.3, -0.25) is 0 Å². The van der Waals surface area contributed by atoms with Gasteiger partial charge in [-0.2, -0.15) is 0 Å². The van der Waals surface area contributed by atoms with Crippen molar-refractivity contribution in [1.29, 1.82) is 0 Å². The molecule has 0 N–H and O–H groups in total. The Labute approximate surface area is 113 Å². The van der Waals surface area contributed by atoms with E-state index in [4.69, 9.17) is 0 Å². The van der Waals surface area contributed by atoms with Crippen LogP contribution in [-0.4, -0.2) is 0 Å². The molecular formula is C18H16N+. The molecule has 0 saturated carbocycles. The van der Waals surface area contributed by atoms with E-state index in [-0.39, 0.29) is 0 Å². The molecule has 1 aromatic heterocycles. The lowest BCUT2D eigenvalue weighted by molar-refractivity contribution is -0.660. The lowest BCUT2D eigenvalue weighted by Crippen LogP contribution is -2.30. The first-order chi connectivity index (χ1) is 9.36. The van der Waals surface area contributed by atoms with Crippen LogP contribution < -0.4 is 4.57 Å². The Kier molecular flexibility index (Phi) is 3.11. The van der Waals surface area contributed by atoms with E-state index in [2.05, 4.69) is 90.6 Å². The van der Waals surface area contributed by atoms with Crippen LogP contribution in [0.4, 0.5) is 0 Å². The molecule has 0 aliphatic heterocycles. The molecule has 3 aromatic rings. The second-order valence-corrected chi connectivity index (χ2v) is 4.61. The summed E-state index contributed by atoms with van der Waals surface area (Å²) in [7, 11) is 2.09. The van der Waals surface area contributed by atoms with Crippen molar-refractivity contribution in [3.8, 4) is 22.4 Å². The predicted octanol–water partition coefficient (Wildman–Crippen LogP) is 3.85. The lowest BCUT2D eigenvalue weighted by Gasteiger charge is -2.07. The van der Waals surface area contributed by atoms with Gasteiger partial charge in [0.15, 0.2) is 6.20 Å². The molecule has 19 heavy (non-hydrogen) atoms. The van der Waals surface area contributed by atoms with Crippen LogP contribution in [0.2, 0.25) is 0 Å². The standard InChI is InChI=1S/C18H16N/c1-19-14-8-13-17(15-9-4-2-5-10-15)18(19)16-11-6-3-7-12-16/h2-14H,1H3/q+1. The van der Waals surface area contributed by atoms with Crippen LogP contribution in [0.1, 0.15) is 0 Å². The smallest absolute Gasteiger partial charge is 0.200 e. The normalized spacial score (nSPS) is 10.4. The molecule has 1 heteroatoms. The monoisotopic (exact) mass is 246 g/mol. The zero-order valence-corrected chi connectivity index (χ0v) is 11.0. The fourth-order valence-electron chi connectivity index (χ4n) is 2.42. The van der Waals surface area contributed by atoms with Gasteiger partial charge in [0.2, 0.25) is 5.69 Å². The molecule has 1 heterocycles. The topological polar surface area (TPSA) is 3.88 Å². The maximum absolute atomic E-state index is 2.18. The van der Waals surface area contributed by atoms with Crippen molar-refractivity contribution in [3.63, 3.8) is 0 Å². The van der Waals surface area contributed by atoms with Gasteiger partial charge in [-0.05, 0) is 23.8 Å². The van der Waals surface area contributed by atoms with E-state index >= 15 is 0 Å². The van der Waals surface area contributed by atoms with Crippen LogP contribution >= 0.6 is 0 Å². The van der Waals surface area contributed by atoms with Crippen LogP contribution in [0.3, 0.4) is 0 Å². The first kappa shape index (κ1) is 11.7. The molecule has 0 bridgehead atoms. The second-order valence-electron chi connectivity index (χ2n) is 4.61. The van der Waals surface area contributed by atoms with E-state index in [9.17, 15) is 0 Å². The molecule has 0 aliphatic carbocycles. The Morgan fingerprint density at radius 2 is 1.21 bits per heavy atom. The van der Waals surface area contributed by atoms with E-state index in [0.29, 0.717) is 0 Å². The van der Waals surface area contributed by atoms with Crippen molar-refractivity contribution in [2.45, 2.75) is 0 Å². The Morgan fingerprint density at radius 1 is 0.632 bits per heavy atom. The molecule has 3 rings (SSSR count). The third-order valence-corrected chi connectivity index (χ3v) is 3.31. The van der Waals surface area contributed by atoms with E-state index in [0.717, 1.165) is 0 Å². The summed E-state index contributed by atoms with van der Waals surface area (Å²) < 4.78 is 2.18. The largest absolute Gasteiger partial charge is 0.220 e. The molecule has 0 saturated heterocycles. The maximum Gasteiger partial charge on any atom is 0.220 e. The van der Waals surface area contributed by atoms with Crippen molar-refractivity contribution in [2.24, 2.45) is 7.05 Å². The van der Waals surface area contributed by atoms with Crippen LogP contribution in [0.25, 0.3) is 22.4 Å². The van der Waals surface area contributed by atoms with Gasteiger partial charge in [0.1, 0.15) is 7.05 Å². The van der Waals surface area contributed by atoms with Gasteiger partial charge in [0.25, 0.3) is 0 Å². The van der Waals surface area contributed by atoms with Crippen LogP contribution in [0.15, 0.2) is 79.0 Å². The molecule has 0 fully saturated rings. The average Bonchev–Trinajstić information content (AvgIpc) is 2.49. The van der Waals surface area contributed by atoms with Crippen LogP contribution in [0, 0.1) is 0 Å². The van der Waals surface area contributed by atoms with Crippen molar-refractivity contribution in [1.82, 2.24) is 0 Å². The Balaban J connectivity index is 2.25. The number of hydrogen-bond donors (Lipinski definition) is 0. The highest BCUT2D eigenvalue weighted by Gasteiger charge is 2.16. The highest BCUT2D eigenvalue weighted by atomic mass is 14.9. The summed E-state index contributed by atoms with van der Waals surface area (Å²) >= 11 is 0. The number of nitrogens with zero attached hydrogens (tertiary/aromatic N) is 1. The number of aryl methyl sites for hydroxylation is 1. The number of rotatable bonds is 2. The fourth-order valence-corrected chi connectivity index (χ4v) is 2.42. The first-order valence-corrected chi connectivity index (χ1v) is 6.46. The average molecular weight is 246 g/mol. The SMILES string of the molecule is C[n+]1cccc(-c2ccccc2)c1-c1ccccc1. The van der Waals surface area contributed by atoms with Gasteiger partial charge in [-0.25, -0.2) is 4.57 Å². The number of aromatic nitrogens is 1. The molecular weight excluding hydrogens is 230 g/mol. The van der Waals surface area contributed by atoms with Crippen molar-refractivity contribution in [2.75, 3.05) is 0 Å². The second kappa shape index (κ2) is 5.07. The summed E-state index contributed by atoms with van der Waals surface area (Å²) in [5, 5.41) is 0. The van der Waals surface area contributed by atoms with Gasteiger partial charge >= 0.3 is 0 Å². The zero-order valence-electron chi connectivity index (χ0n) is 11.0. The Morgan fingerprint density at radius 3 is 1.84 bits per heavy atom. The number of hydrogen-bond acceptors (Lipinski definition) is 0. The summed E-state index contributed by atoms with van der Waals surface area (Å²) in [5.74, 6) is 0. The summed E-state index contributed by atoms with van der Waals surface area (Å²) in [6.07, 6.45) is 2.09. The maximum atomic E-state index is 2.18. The van der Waals surface area contributed by atoms with Gasteiger partial charge in [-0.15, -0.1) is 0 Å². The molecule has 0 aliphatic rings. The summed E-state index contributed by atoms with van der Waals surface area (Å²) in [6, 6.07) is 25.3. The zero-order chi connectivity index (χ0) is 13.1. The van der Waals surface area contributed by atoms with Gasteiger partial charge in [0.05, 0.1) is 5.56 Å². The van der Waals surface area contributed by atoms with Crippen molar-refractivity contribution < 1.29 is 4.57 Å². The van der Waals surface area contributed by atoms with E-state index < -0.39 is 0 Å². The molecule has 0 unspecified atom stereocenters. The molecule has 0 spiro atoms. The molecule has 92 valence electrons. The van der Waals surface area contributed by atoms with Crippen molar-refractivity contribution >= 4 is 0 Å². The van der Waals surface area contributed by atoms with Gasteiger partial charge < -0.3 is 0 Å². The predicted molar refractivity (Wildman–Crippen MR) is 78.5 cm³/mol. The third-order valence-electron chi connectivity index (χ3n) is 3.31. The van der Waals surface area contributed by atoms with Crippen LogP contribution in [0.5, 0.6) is 0 Å². The lowest BCUT2D eigenvalue weighted by atomic mass is 9.99. The van der Waals surface area contributed by atoms with E-state index in [1.165, 1.54) is 22.4 Å². The molecule has 0 radical (unpaired) electrons. The van der Waals surface area contributed by atoms with E-state index in [1.54, 1.807) is 0 Å². The van der Waals surface area contributed by atoms with E-state index in [1.807, 2.05) is 0 Å². The summed E-state index contributed by atoms with van der Waals surface area (Å²) in [6.45, 7) is 0. The van der Waals surface area contributed by atoms with Gasteiger partial charge in [-0.1, -0.05) is 48.5 Å². The fraction of sp³-hybridized carbons (Fsp3) is 0.0556. The number of pyridine rings is 1. The molecule has 0 amide bonds. The minimum absolute atomic E-state index is 1.24. The van der Waals surface area contributed by atoms with Gasteiger partial charge in [0, 0.05) is 11.6 Å². The third kappa shape index (κ3) is 2.27.